The lowest BCUT2D eigenvalue weighted by Gasteiger charge is -2.22. The van der Waals surface area contributed by atoms with Crippen LogP contribution in [0.1, 0.15) is 12.0 Å². The molecule has 2 atom stereocenters. The molecule has 1 saturated heterocycles. The number of rotatable bonds is 5. The third-order valence-electron chi connectivity index (χ3n) is 3.89. The van der Waals surface area contributed by atoms with Crippen LogP contribution in [-0.2, 0) is 16.3 Å². The van der Waals surface area contributed by atoms with Crippen LogP contribution >= 0.6 is 11.6 Å². The highest BCUT2D eigenvalue weighted by Crippen LogP contribution is 2.29. The summed E-state index contributed by atoms with van der Waals surface area (Å²) in [5.41, 5.74) is 0.557. The Hall–Kier alpha value is -0.650. The molecule has 0 bridgehead atoms. The van der Waals surface area contributed by atoms with Crippen molar-refractivity contribution in [2.24, 2.45) is 11.8 Å². The monoisotopic (exact) mass is 319 g/mol. The van der Waals surface area contributed by atoms with E-state index in [4.69, 9.17) is 11.6 Å². The largest absolute Gasteiger partial charge is 0.319 e. The molecule has 0 spiro atoms. The Kier molecular flexibility index (Phi) is 5.04. The fourth-order valence-corrected chi connectivity index (χ4v) is 4.96. The zero-order chi connectivity index (χ0) is 14.8. The third-order valence-corrected chi connectivity index (χ3v) is 5.92. The SMILES string of the molecule is CNCC(Cc1cc(Cl)ccc1F)C1CCS(=O)(=O)C1. The van der Waals surface area contributed by atoms with Gasteiger partial charge in [0.15, 0.2) is 9.84 Å². The summed E-state index contributed by atoms with van der Waals surface area (Å²) in [6, 6.07) is 4.51. The lowest BCUT2D eigenvalue weighted by Crippen LogP contribution is -2.29. The number of halogens is 2. The minimum absolute atomic E-state index is 0.0887. The number of sulfone groups is 1. The van der Waals surface area contributed by atoms with Gasteiger partial charge in [0.05, 0.1) is 11.5 Å². The Morgan fingerprint density at radius 2 is 2.25 bits per heavy atom. The van der Waals surface area contributed by atoms with Crippen molar-refractivity contribution in [1.29, 1.82) is 0 Å². The van der Waals surface area contributed by atoms with E-state index in [1.54, 1.807) is 6.07 Å². The topological polar surface area (TPSA) is 46.2 Å². The summed E-state index contributed by atoms with van der Waals surface area (Å²) >= 11 is 5.90. The molecular weight excluding hydrogens is 301 g/mol. The van der Waals surface area contributed by atoms with Crippen LogP contribution in [0, 0.1) is 17.7 Å². The van der Waals surface area contributed by atoms with Crippen LogP contribution in [0.4, 0.5) is 4.39 Å². The molecule has 2 rings (SSSR count). The number of nitrogens with one attached hydrogen (secondary N) is 1. The molecule has 1 fully saturated rings. The standard InChI is InChI=1S/C14H19ClFNO2S/c1-17-8-12(10-4-5-20(18,19)9-10)6-11-7-13(15)2-3-14(11)16/h2-3,7,10,12,17H,4-6,8-9H2,1H3. The van der Waals surface area contributed by atoms with Crippen LogP contribution in [0.5, 0.6) is 0 Å². The van der Waals surface area contributed by atoms with Crippen molar-refractivity contribution in [2.45, 2.75) is 12.8 Å². The van der Waals surface area contributed by atoms with Crippen LogP contribution in [0.15, 0.2) is 18.2 Å². The third kappa shape index (κ3) is 3.93. The second kappa shape index (κ2) is 6.41. The normalized spacial score (nSPS) is 22.9. The van der Waals surface area contributed by atoms with E-state index in [0.29, 0.717) is 30.0 Å². The van der Waals surface area contributed by atoms with Crippen LogP contribution in [-0.4, -0.2) is 33.5 Å². The number of hydrogen-bond donors (Lipinski definition) is 1. The van der Waals surface area contributed by atoms with Gasteiger partial charge in [-0.1, -0.05) is 11.6 Å². The van der Waals surface area contributed by atoms with E-state index in [-0.39, 0.29) is 29.2 Å². The van der Waals surface area contributed by atoms with Crippen LogP contribution in [0.3, 0.4) is 0 Å². The van der Waals surface area contributed by atoms with E-state index in [0.717, 1.165) is 0 Å². The average Bonchev–Trinajstić information content (AvgIpc) is 2.73. The predicted molar refractivity (Wildman–Crippen MR) is 79.3 cm³/mol. The summed E-state index contributed by atoms with van der Waals surface area (Å²) in [5, 5.41) is 3.58. The van der Waals surface area contributed by atoms with Crippen molar-refractivity contribution in [3.63, 3.8) is 0 Å². The molecule has 0 aromatic heterocycles. The molecule has 20 heavy (non-hydrogen) atoms. The maximum absolute atomic E-state index is 13.8. The quantitative estimate of drug-likeness (QED) is 0.906. The van der Waals surface area contributed by atoms with Crippen LogP contribution < -0.4 is 5.32 Å². The molecule has 1 N–H and O–H groups in total. The highest BCUT2D eigenvalue weighted by atomic mass is 35.5. The molecule has 3 nitrogen and oxygen atoms in total. The van der Waals surface area contributed by atoms with Gasteiger partial charge in [0.2, 0.25) is 0 Å². The zero-order valence-electron chi connectivity index (χ0n) is 11.4. The Morgan fingerprint density at radius 3 is 2.85 bits per heavy atom. The van der Waals surface area contributed by atoms with Gasteiger partial charge in [-0.3, -0.25) is 0 Å². The lowest BCUT2D eigenvalue weighted by atomic mass is 9.86. The lowest BCUT2D eigenvalue weighted by molar-refractivity contribution is 0.348. The van der Waals surface area contributed by atoms with Crippen LogP contribution in [0.25, 0.3) is 0 Å². The van der Waals surface area contributed by atoms with Crippen molar-refractivity contribution < 1.29 is 12.8 Å². The molecule has 1 aromatic carbocycles. The summed E-state index contributed by atoms with van der Waals surface area (Å²) < 4.78 is 37.0. The Bertz CT molecular complexity index is 577. The van der Waals surface area contributed by atoms with E-state index in [1.165, 1.54) is 12.1 Å². The van der Waals surface area contributed by atoms with E-state index in [2.05, 4.69) is 5.32 Å². The smallest absolute Gasteiger partial charge is 0.150 e. The average molecular weight is 320 g/mol. The zero-order valence-corrected chi connectivity index (χ0v) is 13.0. The molecule has 2 unspecified atom stereocenters. The van der Waals surface area contributed by atoms with Crippen molar-refractivity contribution in [1.82, 2.24) is 5.32 Å². The van der Waals surface area contributed by atoms with Gasteiger partial charge < -0.3 is 5.32 Å². The molecule has 1 heterocycles. The van der Waals surface area contributed by atoms with Gasteiger partial charge in [-0.15, -0.1) is 0 Å². The fraction of sp³-hybridized carbons (Fsp3) is 0.571. The van der Waals surface area contributed by atoms with Crippen LogP contribution in [0.2, 0.25) is 5.02 Å². The molecule has 112 valence electrons. The number of hydrogen-bond acceptors (Lipinski definition) is 3. The highest BCUT2D eigenvalue weighted by Gasteiger charge is 2.33. The molecule has 0 amide bonds. The van der Waals surface area contributed by atoms with Crippen molar-refractivity contribution in [2.75, 3.05) is 25.1 Å². The molecule has 0 radical (unpaired) electrons. The molecule has 0 saturated carbocycles. The van der Waals surface area contributed by atoms with Crippen molar-refractivity contribution in [3.05, 3.63) is 34.6 Å². The molecule has 0 aliphatic carbocycles. The second-order valence-corrected chi connectivity index (χ2v) is 8.09. The Balaban J connectivity index is 2.15. The summed E-state index contributed by atoms with van der Waals surface area (Å²) in [6.45, 7) is 0.673. The molecular formula is C14H19ClFNO2S. The minimum atomic E-state index is -2.92. The van der Waals surface area contributed by atoms with E-state index in [9.17, 15) is 12.8 Å². The van der Waals surface area contributed by atoms with Gasteiger partial charge in [0, 0.05) is 5.02 Å². The predicted octanol–water partition coefficient (Wildman–Crippen LogP) is 2.29. The van der Waals surface area contributed by atoms with Crippen molar-refractivity contribution in [3.8, 4) is 0 Å². The first kappa shape index (κ1) is 15.7. The van der Waals surface area contributed by atoms with Gasteiger partial charge >= 0.3 is 0 Å². The first-order valence-corrected chi connectivity index (χ1v) is 8.90. The molecule has 1 aliphatic heterocycles. The maximum atomic E-state index is 13.8. The van der Waals surface area contributed by atoms with E-state index >= 15 is 0 Å². The first-order chi connectivity index (χ1) is 9.41. The maximum Gasteiger partial charge on any atom is 0.150 e. The van der Waals surface area contributed by atoms with Crippen molar-refractivity contribution >= 4 is 21.4 Å². The summed E-state index contributed by atoms with van der Waals surface area (Å²) in [5.74, 6) is 0.365. The summed E-state index contributed by atoms with van der Waals surface area (Å²) in [4.78, 5) is 0. The molecule has 6 heteroatoms. The molecule has 1 aliphatic rings. The Labute approximate surface area is 124 Å². The number of benzene rings is 1. The first-order valence-electron chi connectivity index (χ1n) is 6.70. The van der Waals surface area contributed by atoms with Gasteiger partial charge in [-0.25, -0.2) is 12.8 Å². The second-order valence-electron chi connectivity index (χ2n) is 5.42. The summed E-state index contributed by atoms with van der Waals surface area (Å²) in [7, 11) is -1.09. The van der Waals surface area contributed by atoms with Gasteiger partial charge in [-0.05, 0) is 62.0 Å². The van der Waals surface area contributed by atoms with Gasteiger partial charge in [0.25, 0.3) is 0 Å². The summed E-state index contributed by atoms with van der Waals surface area (Å²) in [6.07, 6.45) is 1.17. The highest BCUT2D eigenvalue weighted by molar-refractivity contribution is 7.91. The molecule has 1 aromatic rings. The minimum Gasteiger partial charge on any atom is -0.319 e. The Morgan fingerprint density at radius 1 is 1.50 bits per heavy atom. The van der Waals surface area contributed by atoms with E-state index < -0.39 is 9.84 Å². The van der Waals surface area contributed by atoms with Gasteiger partial charge in [-0.2, -0.15) is 0 Å². The van der Waals surface area contributed by atoms with Gasteiger partial charge in [0.1, 0.15) is 5.82 Å². The fourth-order valence-electron chi connectivity index (χ4n) is 2.85. The van der Waals surface area contributed by atoms with E-state index in [1.807, 2.05) is 7.05 Å².